The van der Waals surface area contributed by atoms with Crippen molar-refractivity contribution in [3.05, 3.63) is 0 Å². The van der Waals surface area contributed by atoms with Crippen molar-refractivity contribution in [2.75, 3.05) is 13.2 Å². The van der Waals surface area contributed by atoms with E-state index in [1.54, 1.807) is 0 Å². The van der Waals surface area contributed by atoms with E-state index in [4.69, 9.17) is 9.47 Å². The molecular formula is C52H84O10. The maximum Gasteiger partial charge on any atom is 0.305 e. The SMILES string of the molecule is CCOC(=O)CC[C@@H](C)[C@H]1CC[C@H]2[C@@H]3[C@H](O)C[C@@H]4CC(=O)CC[C@]4(C)[C@H]3CC(=O)[C@]12C.CCOC(=O)CC[C@@H](C)[C@H]1CC[C@H]2[C@@H]3[C@H](O)C[C@@H]4C[C@H](O)CC[C@]4(C)[C@H]3C[C@H](O)[C@]12C. The van der Waals surface area contributed by atoms with Gasteiger partial charge >= 0.3 is 11.9 Å². The molecule has 0 radical (unpaired) electrons. The van der Waals surface area contributed by atoms with Gasteiger partial charge in [0.15, 0.2) is 0 Å². The van der Waals surface area contributed by atoms with Crippen LogP contribution in [0, 0.1) is 92.7 Å². The van der Waals surface area contributed by atoms with Crippen LogP contribution in [0.25, 0.3) is 0 Å². The standard InChI is InChI=1S/C26H44O5.C26H40O5/c2*1-5-31-23(30)9-6-15(2)18-7-8-19-24-20(14-22(29)26(18,19)4)25(3)11-10-17(27)12-16(25)13-21(24)28/h15-22,24,27-29H,5-14H2,1-4H3;15-16,18-21,24,28H,5-14H2,1-4H3/t15-,16+,17-,18-,19+,20+,21-,22+,24+,25+,26-;15-,16+,18-,19+,20+,21-,24+,25+,26-/m11/s1. The second-order valence-electron chi connectivity index (χ2n) is 23.3. The van der Waals surface area contributed by atoms with Crippen molar-refractivity contribution in [1.82, 2.24) is 0 Å². The minimum absolute atomic E-state index is 0.0115. The zero-order chi connectivity index (χ0) is 45.1. The quantitative estimate of drug-likeness (QED) is 0.157. The molecule has 0 amide bonds. The van der Waals surface area contributed by atoms with Crippen molar-refractivity contribution in [3.63, 3.8) is 0 Å². The molecule has 0 spiro atoms. The maximum atomic E-state index is 13.8. The van der Waals surface area contributed by atoms with Crippen LogP contribution in [0.1, 0.15) is 171 Å². The number of aliphatic hydroxyl groups excluding tert-OH is 4. The number of ketones is 2. The fourth-order valence-electron chi connectivity index (χ4n) is 17.4. The number of carbonyl (C=O) groups excluding carboxylic acids is 4. The number of fused-ring (bicyclic) bond motifs is 10. The lowest BCUT2D eigenvalue weighted by Crippen LogP contribution is -2.62. The predicted molar refractivity (Wildman–Crippen MR) is 236 cm³/mol. The van der Waals surface area contributed by atoms with Crippen LogP contribution in [0.15, 0.2) is 0 Å². The molecule has 20 atom stereocenters. The highest BCUT2D eigenvalue weighted by atomic mass is 16.5. The van der Waals surface area contributed by atoms with Gasteiger partial charge < -0.3 is 29.9 Å². The molecule has 8 aliphatic rings. The molecule has 0 unspecified atom stereocenters. The van der Waals surface area contributed by atoms with Gasteiger partial charge in [-0.05, 0) is 185 Å². The average Bonchev–Trinajstić information content (AvgIpc) is 3.77. The summed E-state index contributed by atoms with van der Waals surface area (Å²) >= 11 is 0. The molecule has 8 aliphatic carbocycles. The normalized spacial score (nSPS) is 47.8. The first-order chi connectivity index (χ1) is 29.2. The largest absolute Gasteiger partial charge is 0.466 e. The Kier molecular flexibility index (Phi) is 14.3. The van der Waals surface area contributed by atoms with Gasteiger partial charge in [0, 0.05) is 37.5 Å². The highest BCUT2D eigenvalue weighted by molar-refractivity contribution is 5.87. The number of carbonyl (C=O) groups is 4. The topological polar surface area (TPSA) is 168 Å². The Hall–Kier alpha value is -1.88. The lowest BCUT2D eigenvalue weighted by molar-refractivity contribution is -0.207. The van der Waals surface area contributed by atoms with Gasteiger partial charge in [-0.2, -0.15) is 0 Å². The molecule has 352 valence electrons. The number of Topliss-reactive ketones (excluding diaryl/α,β-unsaturated/α-hetero) is 2. The van der Waals surface area contributed by atoms with Crippen molar-refractivity contribution >= 4 is 23.5 Å². The molecule has 10 nitrogen and oxygen atoms in total. The van der Waals surface area contributed by atoms with Crippen LogP contribution < -0.4 is 0 Å². The summed E-state index contributed by atoms with van der Waals surface area (Å²) in [5.41, 5.74) is -0.515. The van der Waals surface area contributed by atoms with E-state index in [2.05, 4.69) is 41.5 Å². The molecule has 4 N–H and O–H groups in total. The molecule has 0 aromatic carbocycles. The van der Waals surface area contributed by atoms with E-state index in [1.807, 2.05) is 13.8 Å². The Morgan fingerprint density at radius 3 is 1.82 bits per heavy atom. The minimum atomic E-state index is -0.417. The number of hydrogen-bond donors (Lipinski definition) is 4. The van der Waals surface area contributed by atoms with Gasteiger partial charge in [0.05, 0.1) is 37.6 Å². The fourth-order valence-corrected chi connectivity index (χ4v) is 17.4. The minimum Gasteiger partial charge on any atom is -0.466 e. The average molecular weight is 869 g/mol. The molecule has 0 saturated heterocycles. The first-order valence-corrected chi connectivity index (χ1v) is 25.3. The van der Waals surface area contributed by atoms with Crippen molar-refractivity contribution in [2.45, 2.75) is 195 Å². The summed E-state index contributed by atoms with van der Waals surface area (Å²) in [4.78, 5) is 49.6. The van der Waals surface area contributed by atoms with Gasteiger partial charge in [0.25, 0.3) is 0 Å². The Labute approximate surface area is 372 Å². The Balaban J connectivity index is 0.000000186. The monoisotopic (exact) mass is 869 g/mol. The molecule has 8 fully saturated rings. The lowest BCUT2D eigenvalue weighted by atomic mass is 9.43. The smallest absolute Gasteiger partial charge is 0.305 e. The third kappa shape index (κ3) is 8.19. The Morgan fingerprint density at radius 1 is 0.645 bits per heavy atom. The highest BCUT2D eigenvalue weighted by Crippen LogP contribution is 2.69. The molecular weight excluding hydrogens is 785 g/mol. The van der Waals surface area contributed by atoms with Gasteiger partial charge in [-0.25, -0.2) is 0 Å². The molecule has 0 bridgehead atoms. The number of aliphatic hydroxyl groups is 4. The zero-order valence-corrected chi connectivity index (χ0v) is 39.6. The van der Waals surface area contributed by atoms with E-state index in [0.717, 1.165) is 77.0 Å². The number of esters is 2. The summed E-state index contributed by atoms with van der Waals surface area (Å²) in [6.45, 7) is 18.0. The van der Waals surface area contributed by atoms with E-state index >= 15 is 0 Å². The van der Waals surface area contributed by atoms with Gasteiger partial charge in [-0.15, -0.1) is 0 Å². The molecule has 10 heteroatoms. The van der Waals surface area contributed by atoms with Crippen LogP contribution >= 0.6 is 0 Å². The van der Waals surface area contributed by atoms with Crippen LogP contribution in [-0.2, 0) is 28.7 Å². The van der Waals surface area contributed by atoms with Gasteiger partial charge in [0.1, 0.15) is 11.6 Å². The Bertz CT molecular complexity index is 1650. The first kappa shape index (κ1) is 48.1. The summed E-state index contributed by atoms with van der Waals surface area (Å²) in [6.07, 6.45) is 12.6. The predicted octanol–water partition coefficient (Wildman–Crippen LogP) is 8.27. The van der Waals surface area contributed by atoms with E-state index < -0.39 is 11.5 Å². The number of rotatable bonds is 10. The van der Waals surface area contributed by atoms with Crippen molar-refractivity contribution in [3.8, 4) is 0 Å². The molecule has 0 aliphatic heterocycles. The molecule has 0 aromatic heterocycles. The molecule has 8 saturated carbocycles. The van der Waals surface area contributed by atoms with E-state index in [9.17, 15) is 39.6 Å². The molecule has 0 heterocycles. The summed E-state index contributed by atoms with van der Waals surface area (Å²) in [5.74, 6) is 3.65. The lowest BCUT2D eigenvalue weighted by Gasteiger charge is -2.63. The second-order valence-corrected chi connectivity index (χ2v) is 23.3. The first-order valence-electron chi connectivity index (χ1n) is 25.3. The molecule has 0 aromatic rings. The van der Waals surface area contributed by atoms with Crippen LogP contribution in [0.2, 0.25) is 0 Å². The van der Waals surface area contributed by atoms with Crippen LogP contribution in [0.4, 0.5) is 0 Å². The van der Waals surface area contributed by atoms with Crippen molar-refractivity contribution in [2.24, 2.45) is 92.7 Å². The Morgan fingerprint density at radius 2 is 1.19 bits per heavy atom. The number of ether oxygens (including phenoxy) is 2. The molecule has 62 heavy (non-hydrogen) atoms. The maximum absolute atomic E-state index is 13.8. The fraction of sp³-hybridized carbons (Fsp3) is 0.923. The highest BCUT2D eigenvalue weighted by Gasteiger charge is 2.67. The summed E-state index contributed by atoms with van der Waals surface area (Å²) in [6, 6.07) is 0. The van der Waals surface area contributed by atoms with Gasteiger partial charge in [-0.1, -0.05) is 41.5 Å². The zero-order valence-electron chi connectivity index (χ0n) is 39.6. The summed E-state index contributed by atoms with van der Waals surface area (Å²) < 4.78 is 10.2. The van der Waals surface area contributed by atoms with E-state index in [0.29, 0.717) is 92.9 Å². The number of hydrogen-bond acceptors (Lipinski definition) is 10. The van der Waals surface area contributed by atoms with Crippen LogP contribution in [0.5, 0.6) is 0 Å². The third-order valence-electron chi connectivity index (χ3n) is 20.9. The van der Waals surface area contributed by atoms with E-state index in [-0.39, 0.29) is 87.9 Å². The van der Waals surface area contributed by atoms with Crippen LogP contribution in [-0.4, -0.2) is 81.6 Å². The molecule has 8 rings (SSSR count). The van der Waals surface area contributed by atoms with Gasteiger partial charge in [0.2, 0.25) is 0 Å². The van der Waals surface area contributed by atoms with Gasteiger partial charge in [-0.3, -0.25) is 19.2 Å². The third-order valence-corrected chi connectivity index (χ3v) is 20.9. The van der Waals surface area contributed by atoms with Crippen molar-refractivity contribution in [1.29, 1.82) is 0 Å². The summed E-state index contributed by atoms with van der Waals surface area (Å²) in [7, 11) is 0. The summed E-state index contributed by atoms with van der Waals surface area (Å²) in [5, 5.41) is 44.4. The van der Waals surface area contributed by atoms with Crippen LogP contribution in [0.3, 0.4) is 0 Å². The van der Waals surface area contributed by atoms with Crippen molar-refractivity contribution < 1.29 is 49.1 Å². The second kappa shape index (κ2) is 18.4. The van der Waals surface area contributed by atoms with E-state index in [1.165, 1.54) is 0 Å².